The van der Waals surface area contributed by atoms with Crippen LogP contribution in [0.1, 0.15) is 156 Å². The first-order valence-electron chi connectivity index (χ1n) is 18.2. The Kier molecular flexibility index (Phi) is 8.07. The van der Waals surface area contributed by atoms with Crippen molar-refractivity contribution in [3.05, 3.63) is 0 Å². The smallest absolute Gasteiger partial charge is 0.114 e. The summed E-state index contributed by atoms with van der Waals surface area (Å²) in [4.78, 5) is 8.53. The van der Waals surface area contributed by atoms with E-state index in [1.165, 1.54) is 38.5 Å². The van der Waals surface area contributed by atoms with Crippen LogP contribution in [0, 0.1) is 33.5 Å². The van der Waals surface area contributed by atoms with Crippen LogP contribution in [0.15, 0.2) is 0 Å². The average molecular weight is 602 g/mol. The normalized spacial score (nSPS) is 37.9. The van der Waals surface area contributed by atoms with Gasteiger partial charge in [0.2, 0.25) is 0 Å². The Morgan fingerprint density at radius 2 is 1.21 bits per heavy atom. The molecule has 250 valence electrons. The zero-order chi connectivity index (χ0) is 32.5. The van der Waals surface area contributed by atoms with Crippen LogP contribution in [0.25, 0.3) is 0 Å². The summed E-state index contributed by atoms with van der Waals surface area (Å²) in [6.45, 7) is 40.0. The molecule has 0 N–H and O–H groups in total. The van der Waals surface area contributed by atoms with E-state index in [0.717, 1.165) is 11.8 Å². The van der Waals surface area contributed by atoms with Crippen LogP contribution in [-0.2, 0) is 0 Å². The third-order valence-electron chi connectivity index (χ3n) is 12.9. The van der Waals surface area contributed by atoms with Crippen molar-refractivity contribution in [2.45, 2.75) is 209 Å². The van der Waals surface area contributed by atoms with E-state index in [0.29, 0.717) is 54.0 Å². The Morgan fingerprint density at radius 3 is 1.67 bits per heavy atom. The van der Waals surface area contributed by atoms with Gasteiger partial charge in [0.25, 0.3) is 0 Å². The second-order valence-corrected chi connectivity index (χ2v) is 21.8. The first-order valence-corrected chi connectivity index (χ1v) is 18.2. The summed E-state index contributed by atoms with van der Waals surface area (Å²) < 4.78 is 15.0. The van der Waals surface area contributed by atoms with E-state index in [-0.39, 0.29) is 27.4 Å². The molecule has 1 spiro atoms. The molecule has 3 heterocycles. The third-order valence-corrected chi connectivity index (χ3v) is 12.9. The van der Waals surface area contributed by atoms with Gasteiger partial charge in [-0.25, -0.2) is 4.39 Å². The van der Waals surface area contributed by atoms with Crippen molar-refractivity contribution in [1.29, 1.82) is 0 Å². The SMILES string of the molecule is CC(C)(C)C1N(C(C)(C)C)C(CC(C)(C)C2C3CC3C(CC(C)(C)C3CC(F)CN3C(C)(C)C)N2C(C)(C)C)CC12CC2. The number of piperidine rings is 1. The lowest BCUT2D eigenvalue weighted by atomic mass is 9.73. The van der Waals surface area contributed by atoms with Crippen LogP contribution in [0.2, 0.25) is 0 Å². The van der Waals surface area contributed by atoms with Crippen molar-refractivity contribution in [3.8, 4) is 0 Å². The topological polar surface area (TPSA) is 9.72 Å². The van der Waals surface area contributed by atoms with Crippen molar-refractivity contribution >= 4 is 0 Å². The highest BCUT2D eigenvalue weighted by molar-refractivity contribution is 5.20. The number of hydrogen-bond acceptors (Lipinski definition) is 3. The fourth-order valence-corrected chi connectivity index (χ4v) is 11.7. The Labute approximate surface area is 267 Å². The highest BCUT2D eigenvalue weighted by Crippen LogP contribution is 2.67. The van der Waals surface area contributed by atoms with Crippen LogP contribution in [0.5, 0.6) is 0 Å². The highest BCUT2D eigenvalue weighted by Gasteiger charge is 2.68. The Morgan fingerprint density at radius 1 is 0.651 bits per heavy atom. The summed E-state index contributed by atoms with van der Waals surface area (Å²) in [7, 11) is 0. The molecule has 4 heteroatoms. The molecule has 0 aromatic rings. The van der Waals surface area contributed by atoms with Crippen molar-refractivity contribution in [2.75, 3.05) is 6.54 Å². The fourth-order valence-electron chi connectivity index (χ4n) is 11.7. The molecule has 3 aliphatic heterocycles. The summed E-state index contributed by atoms with van der Waals surface area (Å²) in [5.41, 5.74) is 1.43. The predicted octanol–water partition coefficient (Wildman–Crippen LogP) is 9.59. The fraction of sp³-hybridized carbons (Fsp3) is 1.00. The van der Waals surface area contributed by atoms with Crippen molar-refractivity contribution in [3.63, 3.8) is 0 Å². The molecule has 5 aliphatic rings. The summed E-state index contributed by atoms with van der Waals surface area (Å²) in [6.07, 6.45) is 8.08. The van der Waals surface area contributed by atoms with Crippen molar-refractivity contribution in [1.82, 2.24) is 14.7 Å². The van der Waals surface area contributed by atoms with E-state index in [1.807, 2.05) is 0 Å². The van der Waals surface area contributed by atoms with Gasteiger partial charge in [0, 0.05) is 53.4 Å². The molecule has 0 aromatic heterocycles. The molecular formula is C39H72FN3. The predicted molar refractivity (Wildman–Crippen MR) is 182 cm³/mol. The molecule has 3 saturated heterocycles. The van der Waals surface area contributed by atoms with Crippen molar-refractivity contribution in [2.24, 2.45) is 33.5 Å². The number of alkyl halides is 1. The molecule has 0 bridgehead atoms. The molecule has 2 saturated carbocycles. The van der Waals surface area contributed by atoms with Crippen LogP contribution in [0.4, 0.5) is 4.39 Å². The number of likely N-dealkylation sites (tertiary alicyclic amines) is 3. The summed E-state index contributed by atoms with van der Waals surface area (Å²) in [5, 5.41) is 0. The minimum atomic E-state index is -0.699. The van der Waals surface area contributed by atoms with Crippen LogP contribution >= 0.6 is 0 Å². The molecular weight excluding hydrogens is 529 g/mol. The molecule has 0 amide bonds. The zero-order valence-electron chi connectivity index (χ0n) is 31.5. The van der Waals surface area contributed by atoms with Gasteiger partial charge in [-0.3, -0.25) is 14.7 Å². The van der Waals surface area contributed by atoms with Gasteiger partial charge in [-0.05, 0) is 141 Å². The van der Waals surface area contributed by atoms with Gasteiger partial charge in [-0.2, -0.15) is 0 Å². The van der Waals surface area contributed by atoms with E-state index in [2.05, 4.69) is 125 Å². The van der Waals surface area contributed by atoms with Crippen LogP contribution in [-0.4, -0.2) is 74.2 Å². The highest BCUT2D eigenvalue weighted by atomic mass is 19.1. The largest absolute Gasteiger partial charge is 0.292 e. The summed E-state index contributed by atoms with van der Waals surface area (Å²) in [5.74, 6) is 1.61. The minimum Gasteiger partial charge on any atom is -0.292 e. The monoisotopic (exact) mass is 602 g/mol. The number of hydrogen-bond donors (Lipinski definition) is 0. The maximum atomic E-state index is 15.0. The maximum Gasteiger partial charge on any atom is 0.114 e. The summed E-state index contributed by atoms with van der Waals surface area (Å²) in [6, 6.07) is 2.82. The molecule has 5 rings (SSSR count). The van der Waals surface area contributed by atoms with Gasteiger partial charge in [-0.15, -0.1) is 0 Å². The lowest BCUT2D eigenvalue weighted by Crippen LogP contribution is -2.59. The van der Waals surface area contributed by atoms with E-state index in [4.69, 9.17) is 0 Å². The lowest BCUT2D eigenvalue weighted by molar-refractivity contribution is -0.0479. The molecule has 5 fully saturated rings. The number of halogens is 1. The lowest BCUT2D eigenvalue weighted by Gasteiger charge is -2.53. The van der Waals surface area contributed by atoms with Gasteiger partial charge in [0.15, 0.2) is 0 Å². The van der Waals surface area contributed by atoms with E-state index < -0.39 is 6.17 Å². The van der Waals surface area contributed by atoms with Crippen LogP contribution < -0.4 is 0 Å². The molecule has 8 unspecified atom stereocenters. The molecule has 0 aromatic carbocycles. The first kappa shape index (κ1) is 34.2. The standard InChI is InChI=1S/C39H72FN3/c1-33(2,3)32-39(17-18-39)22-26(42(32)35(7,8)9)21-38(15,16)31-28-20-27(28)29(43(31)36(10,11)12)23-37(13,14)30-19-25(40)24-41(30)34(4,5)6/h25-32H,17-24H2,1-16H3. The van der Waals surface area contributed by atoms with Crippen LogP contribution in [0.3, 0.4) is 0 Å². The quantitative estimate of drug-likeness (QED) is 0.300. The number of fused-ring (bicyclic) bond motifs is 1. The van der Waals surface area contributed by atoms with Crippen molar-refractivity contribution < 1.29 is 4.39 Å². The van der Waals surface area contributed by atoms with Gasteiger partial charge >= 0.3 is 0 Å². The number of nitrogens with zero attached hydrogens (tertiary/aromatic N) is 3. The summed E-state index contributed by atoms with van der Waals surface area (Å²) >= 11 is 0. The molecule has 43 heavy (non-hydrogen) atoms. The Bertz CT molecular complexity index is 1030. The van der Waals surface area contributed by atoms with Gasteiger partial charge < -0.3 is 0 Å². The Balaban J connectivity index is 1.42. The third kappa shape index (κ3) is 6.15. The van der Waals surface area contributed by atoms with Gasteiger partial charge in [-0.1, -0.05) is 48.5 Å². The second kappa shape index (κ2) is 10.2. The van der Waals surface area contributed by atoms with E-state index in [1.54, 1.807) is 0 Å². The second-order valence-electron chi connectivity index (χ2n) is 21.8. The van der Waals surface area contributed by atoms with Gasteiger partial charge in [0.05, 0.1) is 0 Å². The van der Waals surface area contributed by atoms with E-state index in [9.17, 15) is 4.39 Å². The van der Waals surface area contributed by atoms with E-state index >= 15 is 0 Å². The first-order chi connectivity index (χ1) is 19.2. The number of rotatable bonds is 6. The van der Waals surface area contributed by atoms with Gasteiger partial charge in [0.1, 0.15) is 6.17 Å². The molecule has 0 radical (unpaired) electrons. The average Bonchev–Trinajstić information content (AvgIpc) is 3.60. The molecule has 3 nitrogen and oxygen atoms in total. The maximum absolute atomic E-state index is 15.0. The molecule has 8 atom stereocenters. The zero-order valence-corrected chi connectivity index (χ0v) is 31.5. The minimum absolute atomic E-state index is 0.00114. The Hall–Kier alpha value is -0.190. The molecule has 2 aliphatic carbocycles.